The molecule has 1 unspecified atom stereocenters. The lowest BCUT2D eigenvalue weighted by atomic mass is 10.1. The number of allylic oxidation sites excluding steroid dienone is 1. The summed E-state index contributed by atoms with van der Waals surface area (Å²) in [6.45, 7) is 7.23. The largest absolute Gasteiger partial charge is 0.473 e. The summed E-state index contributed by atoms with van der Waals surface area (Å²) in [5, 5.41) is 0. The van der Waals surface area contributed by atoms with Gasteiger partial charge in [-0.3, -0.25) is 4.90 Å². The van der Waals surface area contributed by atoms with Crippen molar-refractivity contribution in [3.05, 3.63) is 36.5 Å². The van der Waals surface area contributed by atoms with Crippen LogP contribution in [0.15, 0.2) is 31.0 Å². The molecule has 0 aliphatic carbocycles. The van der Waals surface area contributed by atoms with Crippen LogP contribution in [0.1, 0.15) is 18.4 Å². The summed E-state index contributed by atoms with van der Waals surface area (Å²) < 4.78 is 49.3. The van der Waals surface area contributed by atoms with Gasteiger partial charge >= 0.3 is 6.18 Å². The van der Waals surface area contributed by atoms with E-state index in [9.17, 15) is 13.2 Å². The van der Waals surface area contributed by atoms with Gasteiger partial charge in [0.1, 0.15) is 6.10 Å². The van der Waals surface area contributed by atoms with Gasteiger partial charge in [-0.1, -0.05) is 6.08 Å². The molecular weight excluding hydrogens is 309 g/mol. The summed E-state index contributed by atoms with van der Waals surface area (Å²) in [6.07, 6.45) is -0.330. The Morgan fingerprint density at radius 3 is 2.78 bits per heavy atom. The summed E-state index contributed by atoms with van der Waals surface area (Å²) in [5.41, 5.74) is -0.753. The van der Waals surface area contributed by atoms with Gasteiger partial charge in [-0.05, 0) is 18.9 Å². The van der Waals surface area contributed by atoms with E-state index in [2.05, 4.69) is 16.5 Å². The topological polar surface area (TPSA) is 34.6 Å². The number of halogens is 3. The van der Waals surface area contributed by atoms with E-state index >= 15 is 0 Å². The molecule has 0 radical (unpaired) electrons. The van der Waals surface area contributed by atoms with Crippen molar-refractivity contribution in [3.8, 4) is 5.88 Å². The Hall–Kier alpha value is -1.60. The predicted molar refractivity (Wildman–Crippen MR) is 80.3 cm³/mol. The smallest absolute Gasteiger partial charge is 0.416 e. The molecule has 1 atom stereocenters. The highest BCUT2D eigenvalue weighted by atomic mass is 19.4. The van der Waals surface area contributed by atoms with E-state index in [1.54, 1.807) is 6.08 Å². The zero-order valence-electron chi connectivity index (χ0n) is 12.9. The number of pyridine rings is 1. The van der Waals surface area contributed by atoms with Crippen molar-refractivity contribution < 1.29 is 22.6 Å². The Morgan fingerprint density at radius 1 is 1.39 bits per heavy atom. The molecule has 1 aromatic heterocycles. The third-order valence-electron chi connectivity index (χ3n) is 3.61. The summed E-state index contributed by atoms with van der Waals surface area (Å²) in [6, 6.07) is 1.88. The number of ether oxygens (including phenoxy) is 2. The Kier molecular flexibility index (Phi) is 6.41. The Balaban J connectivity index is 2.02. The lowest BCUT2D eigenvalue weighted by Gasteiger charge is -2.30. The van der Waals surface area contributed by atoms with Crippen LogP contribution in [0.2, 0.25) is 0 Å². The van der Waals surface area contributed by atoms with Crippen molar-refractivity contribution in [1.29, 1.82) is 0 Å². The maximum Gasteiger partial charge on any atom is 0.416 e. The summed E-state index contributed by atoms with van der Waals surface area (Å²) in [5.74, 6) is 0.00199. The lowest BCUT2D eigenvalue weighted by molar-refractivity contribution is -0.137. The Labute approximate surface area is 133 Å². The van der Waals surface area contributed by atoms with Crippen LogP contribution < -0.4 is 4.74 Å². The molecule has 0 saturated carbocycles. The Morgan fingerprint density at radius 2 is 2.13 bits per heavy atom. The second kappa shape index (κ2) is 8.31. The van der Waals surface area contributed by atoms with E-state index in [-0.39, 0.29) is 12.0 Å². The van der Waals surface area contributed by atoms with Crippen LogP contribution in [-0.2, 0) is 10.9 Å². The van der Waals surface area contributed by atoms with Gasteiger partial charge in [-0.2, -0.15) is 13.2 Å². The van der Waals surface area contributed by atoms with Crippen LogP contribution in [-0.4, -0.2) is 48.8 Å². The minimum absolute atomic E-state index is 0.00199. The molecule has 1 fully saturated rings. The molecule has 4 nitrogen and oxygen atoms in total. The molecule has 0 spiro atoms. The van der Waals surface area contributed by atoms with E-state index < -0.39 is 11.7 Å². The lowest BCUT2D eigenvalue weighted by Crippen LogP contribution is -2.42. The first kappa shape index (κ1) is 17.7. The van der Waals surface area contributed by atoms with Gasteiger partial charge in [0, 0.05) is 31.9 Å². The first-order chi connectivity index (χ1) is 11.0. The van der Waals surface area contributed by atoms with Gasteiger partial charge in [0.15, 0.2) is 0 Å². The molecule has 1 saturated heterocycles. The Bertz CT molecular complexity index is 502. The molecule has 7 heteroatoms. The molecule has 0 bridgehead atoms. The average molecular weight is 330 g/mol. The first-order valence-electron chi connectivity index (χ1n) is 7.60. The highest BCUT2D eigenvalue weighted by Gasteiger charge is 2.31. The third-order valence-corrected chi connectivity index (χ3v) is 3.61. The first-order valence-corrected chi connectivity index (χ1v) is 7.60. The van der Waals surface area contributed by atoms with Gasteiger partial charge in [-0.15, -0.1) is 6.58 Å². The highest BCUT2D eigenvalue weighted by molar-refractivity contribution is 5.23. The van der Waals surface area contributed by atoms with Crippen molar-refractivity contribution in [2.75, 3.05) is 32.8 Å². The SMILES string of the molecule is C=CCCC(CN1CCOCC1)Oc1cc(C(F)(F)F)ccn1. The van der Waals surface area contributed by atoms with Gasteiger partial charge in [-0.25, -0.2) is 4.98 Å². The average Bonchev–Trinajstić information content (AvgIpc) is 2.53. The minimum atomic E-state index is -4.40. The maximum absolute atomic E-state index is 12.8. The molecule has 2 heterocycles. The molecular formula is C16H21F3N2O2. The number of rotatable bonds is 7. The van der Waals surface area contributed by atoms with Crippen molar-refractivity contribution in [2.45, 2.75) is 25.1 Å². The number of aromatic nitrogens is 1. The van der Waals surface area contributed by atoms with Gasteiger partial charge in [0.05, 0.1) is 18.8 Å². The van der Waals surface area contributed by atoms with E-state index in [1.165, 1.54) is 0 Å². The number of hydrogen-bond acceptors (Lipinski definition) is 4. The molecule has 128 valence electrons. The zero-order chi connectivity index (χ0) is 16.7. The van der Waals surface area contributed by atoms with Crippen molar-refractivity contribution >= 4 is 0 Å². The molecule has 0 N–H and O–H groups in total. The van der Waals surface area contributed by atoms with Crippen molar-refractivity contribution in [3.63, 3.8) is 0 Å². The molecule has 0 aromatic carbocycles. The molecule has 1 aromatic rings. The van der Waals surface area contributed by atoms with Crippen LogP contribution in [0.25, 0.3) is 0 Å². The van der Waals surface area contributed by atoms with Crippen LogP contribution in [0.5, 0.6) is 5.88 Å². The second-order valence-electron chi connectivity index (χ2n) is 5.40. The number of alkyl halides is 3. The molecule has 1 aliphatic rings. The molecule has 2 rings (SSSR count). The van der Waals surface area contributed by atoms with Crippen molar-refractivity contribution in [2.24, 2.45) is 0 Å². The van der Waals surface area contributed by atoms with Gasteiger partial charge in [0.25, 0.3) is 0 Å². The number of morpholine rings is 1. The van der Waals surface area contributed by atoms with Crippen LogP contribution in [0, 0.1) is 0 Å². The quantitative estimate of drug-likeness (QED) is 0.720. The van der Waals surface area contributed by atoms with E-state index in [0.717, 1.165) is 37.8 Å². The van der Waals surface area contributed by atoms with Gasteiger partial charge in [0.2, 0.25) is 5.88 Å². The van der Waals surface area contributed by atoms with Crippen LogP contribution in [0.4, 0.5) is 13.2 Å². The second-order valence-corrected chi connectivity index (χ2v) is 5.40. The minimum Gasteiger partial charge on any atom is -0.473 e. The van der Waals surface area contributed by atoms with Crippen molar-refractivity contribution in [1.82, 2.24) is 9.88 Å². The van der Waals surface area contributed by atoms with Crippen LogP contribution >= 0.6 is 0 Å². The number of hydrogen-bond donors (Lipinski definition) is 0. The summed E-state index contributed by atoms with van der Waals surface area (Å²) >= 11 is 0. The standard InChI is InChI=1S/C16H21F3N2O2/c1-2-3-4-14(12-21-7-9-22-10-8-21)23-15-11-13(5-6-20-15)16(17,18)19/h2,5-6,11,14H,1,3-4,7-10,12H2. The monoisotopic (exact) mass is 330 g/mol. The zero-order valence-corrected chi connectivity index (χ0v) is 12.9. The normalized spacial score (nSPS) is 17.7. The van der Waals surface area contributed by atoms with Gasteiger partial charge < -0.3 is 9.47 Å². The van der Waals surface area contributed by atoms with E-state index in [0.29, 0.717) is 26.2 Å². The molecule has 0 amide bonds. The fourth-order valence-corrected chi connectivity index (χ4v) is 2.38. The predicted octanol–water partition coefficient (Wildman–Crippen LogP) is 3.15. The fourth-order valence-electron chi connectivity index (χ4n) is 2.38. The van der Waals surface area contributed by atoms with Crippen LogP contribution in [0.3, 0.4) is 0 Å². The van der Waals surface area contributed by atoms with E-state index in [1.807, 2.05) is 0 Å². The maximum atomic E-state index is 12.8. The highest BCUT2D eigenvalue weighted by Crippen LogP contribution is 2.30. The summed E-state index contributed by atoms with van der Waals surface area (Å²) in [4.78, 5) is 6.09. The third kappa shape index (κ3) is 5.84. The molecule has 1 aliphatic heterocycles. The fraction of sp³-hybridized carbons (Fsp3) is 0.562. The summed E-state index contributed by atoms with van der Waals surface area (Å²) in [7, 11) is 0. The molecule has 23 heavy (non-hydrogen) atoms. The number of nitrogens with zero attached hydrogens (tertiary/aromatic N) is 2. The van der Waals surface area contributed by atoms with E-state index in [4.69, 9.17) is 9.47 Å².